The lowest BCUT2D eigenvalue weighted by molar-refractivity contribution is -0.133. The standard InChI is InChI=1S/C20H27N3O4S/c24-19(22-11-2-1-3-12-22)8-9-20(25)23-13-10-15-14-17(6-7-18(15)23)28(26,27)21-16-4-5-16/h6-7,14,16,21H,1-5,8-13H2. The van der Waals surface area contributed by atoms with E-state index in [1.807, 2.05) is 4.90 Å². The molecule has 0 radical (unpaired) electrons. The second kappa shape index (κ2) is 7.83. The predicted octanol–water partition coefficient (Wildman–Crippen LogP) is 1.81. The lowest BCUT2D eigenvalue weighted by Gasteiger charge is -2.27. The number of likely N-dealkylation sites (tertiary alicyclic amines) is 1. The van der Waals surface area contributed by atoms with E-state index in [0.717, 1.165) is 50.0 Å². The third kappa shape index (κ3) is 4.22. The van der Waals surface area contributed by atoms with Gasteiger partial charge in [-0.25, -0.2) is 13.1 Å². The van der Waals surface area contributed by atoms with Gasteiger partial charge in [-0.05, 0) is 62.3 Å². The van der Waals surface area contributed by atoms with Crippen molar-refractivity contribution in [3.8, 4) is 0 Å². The number of hydrogen-bond donors (Lipinski definition) is 1. The number of fused-ring (bicyclic) bond motifs is 1. The Morgan fingerprint density at radius 2 is 1.71 bits per heavy atom. The van der Waals surface area contributed by atoms with E-state index in [4.69, 9.17) is 0 Å². The van der Waals surface area contributed by atoms with Crippen LogP contribution in [0.2, 0.25) is 0 Å². The number of sulfonamides is 1. The highest BCUT2D eigenvalue weighted by atomic mass is 32.2. The van der Waals surface area contributed by atoms with Crippen LogP contribution in [0.3, 0.4) is 0 Å². The van der Waals surface area contributed by atoms with E-state index < -0.39 is 10.0 Å². The number of carbonyl (C=O) groups is 2. The molecule has 2 amide bonds. The highest BCUT2D eigenvalue weighted by molar-refractivity contribution is 7.89. The lowest BCUT2D eigenvalue weighted by Crippen LogP contribution is -2.37. The van der Waals surface area contributed by atoms with Crippen LogP contribution in [0.1, 0.15) is 50.5 Å². The van der Waals surface area contributed by atoms with E-state index in [1.54, 1.807) is 23.1 Å². The van der Waals surface area contributed by atoms with Crippen LogP contribution in [0.5, 0.6) is 0 Å². The monoisotopic (exact) mass is 405 g/mol. The summed E-state index contributed by atoms with van der Waals surface area (Å²) in [6.07, 6.45) is 6.10. The molecule has 1 N–H and O–H groups in total. The van der Waals surface area contributed by atoms with Gasteiger partial charge < -0.3 is 9.80 Å². The summed E-state index contributed by atoms with van der Waals surface area (Å²) >= 11 is 0. The molecule has 7 nitrogen and oxygen atoms in total. The molecule has 4 rings (SSSR count). The SMILES string of the molecule is O=C(CCC(=O)N1CCc2cc(S(=O)(=O)NC3CC3)ccc21)N1CCCCC1. The van der Waals surface area contributed by atoms with E-state index in [2.05, 4.69) is 4.72 Å². The molecule has 2 fully saturated rings. The molecule has 2 heterocycles. The number of rotatable bonds is 6. The van der Waals surface area contributed by atoms with Gasteiger partial charge in [-0.3, -0.25) is 9.59 Å². The molecule has 152 valence electrons. The van der Waals surface area contributed by atoms with Gasteiger partial charge in [-0.1, -0.05) is 0 Å². The van der Waals surface area contributed by atoms with Crippen LogP contribution in [0.4, 0.5) is 5.69 Å². The Morgan fingerprint density at radius 1 is 1.00 bits per heavy atom. The molecule has 0 aromatic heterocycles. The second-order valence-electron chi connectivity index (χ2n) is 7.92. The summed E-state index contributed by atoms with van der Waals surface area (Å²) in [5, 5.41) is 0. The summed E-state index contributed by atoms with van der Waals surface area (Å²) < 4.78 is 27.5. The van der Waals surface area contributed by atoms with Gasteiger partial charge in [-0.15, -0.1) is 0 Å². The number of nitrogens with one attached hydrogen (secondary N) is 1. The van der Waals surface area contributed by atoms with E-state index in [1.165, 1.54) is 6.42 Å². The number of anilines is 1. The maximum atomic E-state index is 12.7. The van der Waals surface area contributed by atoms with Crippen LogP contribution in [0.15, 0.2) is 23.1 Å². The molecule has 1 saturated carbocycles. The molecule has 1 aromatic carbocycles. The zero-order valence-corrected chi connectivity index (χ0v) is 16.8. The van der Waals surface area contributed by atoms with E-state index in [9.17, 15) is 18.0 Å². The molecule has 2 aliphatic heterocycles. The van der Waals surface area contributed by atoms with Crippen molar-refractivity contribution >= 4 is 27.5 Å². The molecule has 28 heavy (non-hydrogen) atoms. The van der Waals surface area contributed by atoms with E-state index in [-0.39, 0.29) is 35.6 Å². The van der Waals surface area contributed by atoms with Crippen molar-refractivity contribution in [2.24, 2.45) is 0 Å². The topological polar surface area (TPSA) is 86.8 Å². The average Bonchev–Trinajstić information content (AvgIpc) is 3.40. The van der Waals surface area contributed by atoms with Gasteiger partial charge in [0, 0.05) is 44.2 Å². The van der Waals surface area contributed by atoms with Gasteiger partial charge in [0.2, 0.25) is 21.8 Å². The molecule has 3 aliphatic rings. The zero-order valence-electron chi connectivity index (χ0n) is 16.0. The Bertz CT molecular complexity index is 873. The number of nitrogens with zero attached hydrogens (tertiary/aromatic N) is 2. The van der Waals surface area contributed by atoms with Crippen molar-refractivity contribution in [1.82, 2.24) is 9.62 Å². The number of carbonyl (C=O) groups excluding carboxylic acids is 2. The molecule has 0 atom stereocenters. The smallest absolute Gasteiger partial charge is 0.240 e. The maximum Gasteiger partial charge on any atom is 0.240 e. The fourth-order valence-corrected chi connectivity index (χ4v) is 5.30. The fourth-order valence-electron chi connectivity index (χ4n) is 3.94. The number of hydrogen-bond acceptors (Lipinski definition) is 4. The van der Waals surface area contributed by atoms with Crippen molar-refractivity contribution in [2.45, 2.75) is 62.3 Å². The summed E-state index contributed by atoms with van der Waals surface area (Å²) in [7, 11) is -3.49. The van der Waals surface area contributed by atoms with Gasteiger partial charge in [0.25, 0.3) is 0 Å². The van der Waals surface area contributed by atoms with Crippen LogP contribution in [0.25, 0.3) is 0 Å². The lowest BCUT2D eigenvalue weighted by atomic mass is 10.1. The van der Waals surface area contributed by atoms with Crippen LogP contribution in [-0.2, 0) is 26.0 Å². The third-order valence-corrected chi connectivity index (χ3v) is 7.24. The Hall–Kier alpha value is -1.93. The maximum absolute atomic E-state index is 12.7. The van der Waals surface area contributed by atoms with Crippen molar-refractivity contribution in [1.29, 1.82) is 0 Å². The quantitative estimate of drug-likeness (QED) is 0.782. The molecule has 0 spiro atoms. The number of benzene rings is 1. The summed E-state index contributed by atoms with van der Waals surface area (Å²) in [5.41, 5.74) is 1.63. The predicted molar refractivity (Wildman–Crippen MR) is 106 cm³/mol. The van der Waals surface area contributed by atoms with Crippen molar-refractivity contribution in [3.05, 3.63) is 23.8 Å². The molecule has 1 aromatic rings. The average molecular weight is 406 g/mol. The van der Waals surface area contributed by atoms with Crippen molar-refractivity contribution in [2.75, 3.05) is 24.5 Å². The molecular formula is C20H27N3O4S. The minimum absolute atomic E-state index is 0.0556. The largest absolute Gasteiger partial charge is 0.343 e. The third-order valence-electron chi connectivity index (χ3n) is 5.72. The van der Waals surface area contributed by atoms with Gasteiger partial charge in [-0.2, -0.15) is 0 Å². The Kier molecular flexibility index (Phi) is 5.42. The summed E-state index contributed by atoms with van der Waals surface area (Å²) in [6.45, 7) is 2.13. The molecular weight excluding hydrogens is 378 g/mol. The fraction of sp³-hybridized carbons (Fsp3) is 0.600. The van der Waals surface area contributed by atoms with Crippen LogP contribution < -0.4 is 9.62 Å². The normalized spacial score (nSPS) is 19.6. The number of piperidine rings is 1. The molecule has 0 bridgehead atoms. The first-order valence-electron chi connectivity index (χ1n) is 10.2. The first-order valence-corrected chi connectivity index (χ1v) is 11.7. The molecule has 8 heteroatoms. The van der Waals surface area contributed by atoms with Crippen LogP contribution >= 0.6 is 0 Å². The van der Waals surface area contributed by atoms with Gasteiger partial charge >= 0.3 is 0 Å². The Morgan fingerprint density at radius 3 is 2.43 bits per heavy atom. The Labute approximate surface area is 166 Å². The minimum Gasteiger partial charge on any atom is -0.343 e. The highest BCUT2D eigenvalue weighted by Crippen LogP contribution is 2.31. The summed E-state index contributed by atoms with van der Waals surface area (Å²) in [4.78, 5) is 28.7. The zero-order chi connectivity index (χ0) is 19.7. The molecule has 1 saturated heterocycles. The van der Waals surface area contributed by atoms with E-state index >= 15 is 0 Å². The number of amides is 2. The Balaban J connectivity index is 1.38. The van der Waals surface area contributed by atoms with Crippen molar-refractivity contribution in [3.63, 3.8) is 0 Å². The second-order valence-corrected chi connectivity index (χ2v) is 9.64. The van der Waals surface area contributed by atoms with Crippen LogP contribution in [-0.4, -0.2) is 50.8 Å². The van der Waals surface area contributed by atoms with Gasteiger partial charge in [0.15, 0.2) is 0 Å². The van der Waals surface area contributed by atoms with Gasteiger partial charge in [0.05, 0.1) is 4.90 Å². The molecule has 1 aliphatic carbocycles. The summed E-state index contributed by atoms with van der Waals surface area (Å²) in [5.74, 6) is -0.0177. The van der Waals surface area contributed by atoms with Crippen molar-refractivity contribution < 1.29 is 18.0 Å². The first-order chi connectivity index (χ1) is 13.4. The van der Waals surface area contributed by atoms with E-state index in [0.29, 0.717) is 13.0 Å². The summed E-state index contributed by atoms with van der Waals surface area (Å²) in [6, 6.07) is 5.02. The van der Waals surface area contributed by atoms with Crippen LogP contribution in [0, 0.1) is 0 Å². The molecule has 0 unspecified atom stereocenters. The first kappa shape index (κ1) is 19.4. The highest BCUT2D eigenvalue weighted by Gasteiger charge is 2.30. The minimum atomic E-state index is -3.49. The van der Waals surface area contributed by atoms with Gasteiger partial charge in [0.1, 0.15) is 0 Å².